The predicted octanol–water partition coefficient (Wildman–Crippen LogP) is 4.79. The highest BCUT2D eigenvalue weighted by Gasteiger charge is 2.14. The van der Waals surface area contributed by atoms with E-state index >= 15 is 0 Å². The highest BCUT2D eigenvalue weighted by molar-refractivity contribution is 5.96. The molecule has 0 unspecified atom stereocenters. The van der Waals surface area contributed by atoms with Gasteiger partial charge in [0, 0.05) is 36.1 Å². The van der Waals surface area contributed by atoms with E-state index in [0.717, 1.165) is 43.8 Å². The zero-order valence-corrected chi connectivity index (χ0v) is 18.2. The summed E-state index contributed by atoms with van der Waals surface area (Å²) in [5, 5.41) is 5.95. The molecule has 0 bridgehead atoms. The largest absolute Gasteiger partial charge is 0.494 e. The maximum absolute atomic E-state index is 12.6. The van der Waals surface area contributed by atoms with E-state index in [4.69, 9.17) is 4.74 Å². The van der Waals surface area contributed by atoms with E-state index in [1.807, 2.05) is 29.2 Å². The van der Waals surface area contributed by atoms with Crippen LogP contribution in [0.3, 0.4) is 0 Å². The molecule has 0 radical (unpaired) electrons. The molecule has 30 heavy (non-hydrogen) atoms. The molecule has 0 saturated carbocycles. The van der Waals surface area contributed by atoms with Crippen LogP contribution in [-0.2, 0) is 4.79 Å². The summed E-state index contributed by atoms with van der Waals surface area (Å²) < 4.78 is 5.60. The molecule has 0 atom stereocenters. The number of nitrogens with one attached hydrogen (secondary N) is 2. The van der Waals surface area contributed by atoms with Crippen LogP contribution in [0.2, 0.25) is 0 Å². The van der Waals surface area contributed by atoms with Crippen molar-refractivity contribution < 1.29 is 14.3 Å². The predicted molar refractivity (Wildman–Crippen MR) is 122 cm³/mol. The summed E-state index contributed by atoms with van der Waals surface area (Å²) in [6, 6.07) is 14.6. The van der Waals surface area contributed by atoms with Gasteiger partial charge >= 0.3 is 0 Å². The summed E-state index contributed by atoms with van der Waals surface area (Å²) in [4.78, 5) is 26.8. The second kappa shape index (κ2) is 12.5. The number of hydrogen-bond acceptors (Lipinski definition) is 4. The number of amides is 2. The normalized spacial score (nSPS) is 10.4. The first-order valence-electron chi connectivity index (χ1n) is 10.7. The van der Waals surface area contributed by atoms with Crippen molar-refractivity contribution in [3.05, 3.63) is 54.1 Å². The molecule has 0 aliphatic heterocycles. The third-order valence-corrected chi connectivity index (χ3v) is 4.45. The van der Waals surface area contributed by atoms with Crippen molar-refractivity contribution in [1.29, 1.82) is 0 Å². The molecule has 0 aromatic heterocycles. The van der Waals surface area contributed by atoms with Crippen LogP contribution in [0.25, 0.3) is 0 Å². The second-order valence-electron chi connectivity index (χ2n) is 7.15. The quantitative estimate of drug-likeness (QED) is 0.527. The van der Waals surface area contributed by atoms with Crippen LogP contribution in [0.1, 0.15) is 50.4 Å². The lowest BCUT2D eigenvalue weighted by molar-refractivity contribution is -0.114. The second-order valence-corrected chi connectivity index (χ2v) is 7.15. The van der Waals surface area contributed by atoms with Crippen molar-refractivity contribution >= 4 is 23.2 Å². The van der Waals surface area contributed by atoms with Crippen molar-refractivity contribution in [2.24, 2.45) is 0 Å². The number of rotatable bonds is 12. The van der Waals surface area contributed by atoms with E-state index in [9.17, 15) is 9.59 Å². The van der Waals surface area contributed by atoms with Gasteiger partial charge in [0.05, 0.1) is 13.2 Å². The average molecular weight is 412 g/mol. The van der Waals surface area contributed by atoms with E-state index < -0.39 is 0 Å². The molecule has 0 aliphatic rings. The van der Waals surface area contributed by atoms with E-state index in [0.29, 0.717) is 17.9 Å². The van der Waals surface area contributed by atoms with Gasteiger partial charge in [-0.1, -0.05) is 26.8 Å². The zero-order valence-electron chi connectivity index (χ0n) is 18.2. The number of benzene rings is 2. The summed E-state index contributed by atoms with van der Waals surface area (Å²) in [7, 11) is 0. The van der Waals surface area contributed by atoms with E-state index in [2.05, 4.69) is 31.4 Å². The van der Waals surface area contributed by atoms with E-state index in [1.165, 1.54) is 0 Å². The fourth-order valence-corrected chi connectivity index (χ4v) is 3.04. The van der Waals surface area contributed by atoms with Crippen molar-refractivity contribution in [3.63, 3.8) is 0 Å². The van der Waals surface area contributed by atoms with Gasteiger partial charge in [-0.3, -0.25) is 9.59 Å². The lowest BCUT2D eigenvalue weighted by Crippen LogP contribution is -2.32. The molecule has 0 spiro atoms. The molecular weight excluding hydrogens is 378 g/mol. The van der Waals surface area contributed by atoms with E-state index in [-0.39, 0.29) is 18.4 Å². The van der Waals surface area contributed by atoms with Gasteiger partial charge in [0.2, 0.25) is 5.91 Å². The third-order valence-electron chi connectivity index (χ3n) is 4.45. The first-order chi connectivity index (χ1) is 14.6. The Hall–Kier alpha value is -3.02. The SMILES string of the molecule is CCCOc1cccc(NCC(=O)Nc2ccc(C(=O)N(CCC)CCC)cc2)c1. The van der Waals surface area contributed by atoms with Crippen LogP contribution in [0.4, 0.5) is 11.4 Å². The molecule has 0 fully saturated rings. The molecule has 0 saturated heterocycles. The third kappa shape index (κ3) is 7.43. The first-order valence-corrected chi connectivity index (χ1v) is 10.7. The van der Waals surface area contributed by atoms with Crippen molar-refractivity contribution in [2.45, 2.75) is 40.0 Å². The molecule has 6 heteroatoms. The Morgan fingerprint density at radius 1 is 0.900 bits per heavy atom. The smallest absolute Gasteiger partial charge is 0.253 e. The molecule has 2 rings (SSSR count). The molecular formula is C24H33N3O3. The Morgan fingerprint density at radius 2 is 1.60 bits per heavy atom. The van der Waals surface area contributed by atoms with Gasteiger partial charge in [0.1, 0.15) is 5.75 Å². The molecule has 0 aliphatic carbocycles. The van der Waals surface area contributed by atoms with Gasteiger partial charge in [0.15, 0.2) is 0 Å². The summed E-state index contributed by atoms with van der Waals surface area (Å²) in [5.41, 5.74) is 2.12. The van der Waals surface area contributed by atoms with Crippen molar-refractivity contribution in [1.82, 2.24) is 4.90 Å². The van der Waals surface area contributed by atoms with Gasteiger partial charge in [-0.2, -0.15) is 0 Å². The van der Waals surface area contributed by atoms with Gasteiger partial charge in [-0.25, -0.2) is 0 Å². The van der Waals surface area contributed by atoms with Crippen LogP contribution < -0.4 is 15.4 Å². The molecule has 162 valence electrons. The fraction of sp³-hybridized carbons (Fsp3) is 0.417. The average Bonchev–Trinajstić information content (AvgIpc) is 2.76. The number of ether oxygens (including phenoxy) is 1. The topological polar surface area (TPSA) is 70.7 Å². The molecule has 2 N–H and O–H groups in total. The minimum atomic E-state index is -0.160. The van der Waals surface area contributed by atoms with Gasteiger partial charge in [-0.15, -0.1) is 0 Å². The minimum absolute atomic E-state index is 0.0309. The van der Waals surface area contributed by atoms with Crippen LogP contribution >= 0.6 is 0 Å². The molecule has 2 aromatic carbocycles. The first kappa shape index (κ1) is 23.3. The monoisotopic (exact) mass is 411 g/mol. The lowest BCUT2D eigenvalue weighted by atomic mass is 10.1. The standard InChI is InChI=1S/C24H33N3O3/c1-4-14-27(15-5-2)24(29)19-10-12-20(13-11-19)26-23(28)18-25-21-8-7-9-22(17-21)30-16-6-3/h7-13,17,25H,4-6,14-16,18H2,1-3H3,(H,26,28). The molecule has 6 nitrogen and oxygen atoms in total. The van der Waals surface area contributed by atoms with Crippen LogP contribution in [0, 0.1) is 0 Å². The zero-order chi connectivity index (χ0) is 21.8. The summed E-state index contributed by atoms with van der Waals surface area (Å²) in [6.45, 7) is 8.49. The highest BCUT2D eigenvalue weighted by Crippen LogP contribution is 2.17. The van der Waals surface area contributed by atoms with E-state index in [1.54, 1.807) is 24.3 Å². The summed E-state index contributed by atoms with van der Waals surface area (Å²) in [5.74, 6) is 0.652. The lowest BCUT2D eigenvalue weighted by Gasteiger charge is -2.21. The Labute approximate surface area is 179 Å². The summed E-state index contributed by atoms with van der Waals surface area (Å²) >= 11 is 0. The maximum atomic E-state index is 12.6. The van der Waals surface area contributed by atoms with Gasteiger partial charge < -0.3 is 20.3 Å². The van der Waals surface area contributed by atoms with Crippen LogP contribution in [-0.4, -0.2) is 43.0 Å². The van der Waals surface area contributed by atoms with Crippen LogP contribution in [0.5, 0.6) is 5.75 Å². The number of carbonyl (C=O) groups is 2. The van der Waals surface area contributed by atoms with Crippen molar-refractivity contribution in [2.75, 3.05) is 36.9 Å². The molecule has 0 heterocycles. The van der Waals surface area contributed by atoms with Gasteiger partial charge in [0.25, 0.3) is 5.91 Å². The highest BCUT2D eigenvalue weighted by atomic mass is 16.5. The Kier molecular flexibility index (Phi) is 9.71. The number of nitrogens with zero attached hydrogens (tertiary/aromatic N) is 1. The number of hydrogen-bond donors (Lipinski definition) is 2. The minimum Gasteiger partial charge on any atom is -0.494 e. The van der Waals surface area contributed by atoms with Crippen LogP contribution in [0.15, 0.2) is 48.5 Å². The maximum Gasteiger partial charge on any atom is 0.253 e. The Morgan fingerprint density at radius 3 is 2.23 bits per heavy atom. The fourth-order valence-electron chi connectivity index (χ4n) is 3.04. The van der Waals surface area contributed by atoms with Gasteiger partial charge in [-0.05, 0) is 55.7 Å². The Bertz CT molecular complexity index is 800. The Balaban J connectivity index is 1.88. The number of carbonyl (C=O) groups excluding carboxylic acids is 2. The molecule has 2 aromatic rings. The molecule has 2 amide bonds. The summed E-state index contributed by atoms with van der Waals surface area (Å²) in [6.07, 6.45) is 2.81. The van der Waals surface area contributed by atoms with Crippen molar-refractivity contribution in [3.8, 4) is 5.75 Å². The number of anilines is 2.